The summed E-state index contributed by atoms with van der Waals surface area (Å²) < 4.78 is 11.0. The number of carbonyl (C=O) groups is 1. The van der Waals surface area contributed by atoms with Crippen molar-refractivity contribution < 1.29 is 14.3 Å². The summed E-state index contributed by atoms with van der Waals surface area (Å²) in [5.41, 5.74) is 2.46. The molecule has 3 rings (SSSR count). The summed E-state index contributed by atoms with van der Waals surface area (Å²) in [5, 5.41) is 6.67. The van der Waals surface area contributed by atoms with Crippen molar-refractivity contribution in [3.8, 4) is 11.5 Å². The third-order valence-electron chi connectivity index (χ3n) is 3.76. The SMILES string of the molecule is Cc1ccc(N[C@@H](C)C(=O)Nc2ccc3c(c2)OCCO3)cc1Cl. The zero-order valence-electron chi connectivity index (χ0n) is 13.6. The first-order valence-electron chi connectivity index (χ1n) is 7.76. The number of ether oxygens (including phenoxy) is 2. The summed E-state index contributed by atoms with van der Waals surface area (Å²) in [4.78, 5) is 12.4. The normalized spacial score (nSPS) is 14.0. The Morgan fingerprint density at radius 1 is 1.08 bits per heavy atom. The van der Waals surface area contributed by atoms with Crippen LogP contribution in [0.2, 0.25) is 5.02 Å². The first-order chi connectivity index (χ1) is 11.5. The quantitative estimate of drug-likeness (QED) is 0.882. The molecule has 5 nitrogen and oxygen atoms in total. The molecule has 24 heavy (non-hydrogen) atoms. The molecule has 2 aromatic rings. The fraction of sp³-hybridized carbons (Fsp3) is 0.278. The highest BCUT2D eigenvalue weighted by Gasteiger charge is 2.16. The van der Waals surface area contributed by atoms with Gasteiger partial charge < -0.3 is 20.1 Å². The topological polar surface area (TPSA) is 59.6 Å². The highest BCUT2D eigenvalue weighted by Crippen LogP contribution is 2.32. The van der Waals surface area contributed by atoms with E-state index in [0.29, 0.717) is 35.4 Å². The zero-order valence-corrected chi connectivity index (χ0v) is 14.3. The van der Waals surface area contributed by atoms with Crippen LogP contribution in [-0.2, 0) is 4.79 Å². The third kappa shape index (κ3) is 3.74. The first kappa shape index (κ1) is 16.5. The average Bonchev–Trinajstić information content (AvgIpc) is 2.58. The molecule has 126 valence electrons. The maximum Gasteiger partial charge on any atom is 0.246 e. The maximum atomic E-state index is 12.4. The number of fused-ring (bicyclic) bond motifs is 1. The summed E-state index contributed by atoms with van der Waals surface area (Å²) >= 11 is 6.11. The molecule has 2 N–H and O–H groups in total. The van der Waals surface area contributed by atoms with Crippen LogP contribution < -0.4 is 20.1 Å². The molecule has 1 atom stereocenters. The molecular formula is C18H19ClN2O3. The molecule has 0 saturated carbocycles. The summed E-state index contributed by atoms with van der Waals surface area (Å²) in [7, 11) is 0. The second-order valence-electron chi connectivity index (χ2n) is 5.68. The lowest BCUT2D eigenvalue weighted by molar-refractivity contribution is -0.116. The standard InChI is InChI=1S/C18H19ClN2O3/c1-11-3-4-13(9-15(11)19)20-12(2)18(22)21-14-5-6-16-17(10-14)24-8-7-23-16/h3-6,9-10,12,20H,7-8H2,1-2H3,(H,21,22)/t12-/m0/s1. The summed E-state index contributed by atoms with van der Waals surface area (Å²) in [6, 6.07) is 10.6. The van der Waals surface area contributed by atoms with Crippen molar-refractivity contribution in [3.63, 3.8) is 0 Å². The molecule has 0 spiro atoms. The molecule has 0 saturated heterocycles. The van der Waals surface area contributed by atoms with Gasteiger partial charge in [-0.25, -0.2) is 0 Å². The molecule has 1 aliphatic rings. The lowest BCUT2D eigenvalue weighted by atomic mass is 10.2. The van der Waals surface area contributed by atoms with Gasteiger partial charge in [0.25, 0.3) is 0 Å². The van der Waals surface area contributed by atoms with Gasteiger partial charge in [-0.2, -0.15) is 0 Å². The Kier molecular flexibility index (Phi) is 4.81. The van der Waals surface area contributed by atoms with E-state index in [1.165, 1.54) is 0 Å². The van der Waals surface area contributed by atoms with E-state index in [1.54, 1.807) is 25.1 Å². The number of hydrogen-bond acceptors (Lipinski definition) is 4. The van der Waals surface area contributed by atoms with E-state index >= 15 is 0 Å². The van der Waals surface area contributed by atoms with Crippen LogP contribution >= 0.6 is 11.6 Å². The molecule has 0 bridgehead atoms. The van der Waals surface area contributed by atoms with Gasteiger partial charge >= 0.3 is 0 Å². The minimum absolute atomic E-state index is 0.150. The van der Waals surface area contributed by atoms with Crippen LogP contribution in [0.4, 0.5) is 11.4 Å². The molecule has 0 aromatic heterocycles. The summed E-state index contributed by atoms with van der Waals surface area (Å²) in [5.74, 6) is 1.19. The van der Waals surface area contributed by atoms with Gasteiger partial charge in [-0.15, -0.1) is 0 Å². The number of benzene rings is 2. The second-order valence-corrected chi connectivity index (χ2v) is 6.08. The fourth-order valence-electron chi connectivity index (χ4n) is 2.37. The van der Waals surface area contributed by atoms with Gasteiger partial charge in [0.05, 0.1) is 0 Å². The largest absolute Gasteiger partial charge is 0.486 e. The Morgan fingerprint density at radius 3 is 2.54 bits per heavy atom. The molecule has 6 heteroatoms. The highest BCUT2D eigenvalue weighted by atomic mass is 35.5. The van der Waals surface area contributed by atoms with Crippen LogP contribution in [-0.4, -0.2) is 25.2 Å². The number of amides is 1. The van der Waals surface area contributed by atoms with Crippen molar-refractivity contribution in [2.45, 2.75) is 19.9 Å². The first-order valence-corrected chi connectivity index (χ1v) is 8.14. The number of nitrogens with one attached hydrogen (secondary N) is 2. The van der Waals surface area contributed by atoms with Crippen molar-refractivity contribution in [1.82, 2.24) is 0 Å². The van der Waals surface area contributed by atoms with E-state index in [1.807, 2.05) is 25.1 Å². The number of hydrogen-bond donors (Lipinski definition) is 2. The molecule has 1 heterocycles. The molecule has 1 aliphatic heterocycles. The van der Waals surface area contributed by atoms with Crippen molar-refractivity contribution in [2.75, 3.05) is 23.8 Å². The van der Waals surface area contributed by atoms with Gasteiger partial charge in [0.1, 0.15) is 19.3 Å². The van der Waals surface area contributed by atoms with Gasteiger partial charge in [0.2, 0.25) is 5.91 Å². The number of rotatable bonds is 4. The van der Waals surface area contributed by atoms with Crippen LogP contribution in [0.15, 0.2) is 36.4 Å². The molecule has 0 aliphatic carbocycles. The Hall–Kier alpha value is -2.40. The van der Waals surface area contributed by atoms with Gasteiger partial charge in [-0.3, -0.25) is 4.79 Å². The van der Waals surface area contributed by atoms with Gasteiger partial charge in [-0.1, -0.05) is 17.7 Å². The Bertz CT molecular complexity index is 764. The molecule has 0 radical (unpaired) electrons. The molecular weight excluding hydrogens is 328 g/mol. The Morgan fingerprint density at radius 2 is 1.79 bits per heavy atom. The Labute approximate surface area is 145 Å². The summed E-state index contributed by atoms with van der Waals surface area (Å²) in [6.07, 6.45) is 0. The van der Waals surface area contributed by atoms with E-state index in [4.69, 9.17) is 21.1 Å². The smallest absolute Gasteiger partial charge is 0.246 e. The number of carbonyl (C=O) groups excluding carboxylic acids is 1. The number of halogens is 1. The van der Waals surface area contributed by atoms with Crippen LogP contribution in [0.3, 0.4) is 0 Å². The highest BCUT2D eigenvalue weighted by molar-refractivity contribution is 6.31. The van der Waals surface area contributed by atoms with E-state index < -0.39 is 6.04 Å². The fourth-order valence-corrected chi connectivity index (χ4v) is 2.55. The average molecular weight is 347 g/mol. The van der Waals surface area contributed by atoms with Gasteiger partial charge in [-0.05, 0) is 43.7 Å². The van der Waals surface area contributed by atoms with Crippen molar-refractivity contribution in [1.29, 1.82) is 0 Å². The van der Waals surface area contributed by atoms with Crippen molar-refractivity contribution in [2.24, 2.45) is 0 Å². The monoisotopic (exact) mass is 346 g/mol. The number of anilines is 2. The summed E-state index contributed by atoms with van der Waals surface area (Å²) in [6.45, 7) is 4.78. The minimum Gasteiger partial charge on any atom is -0.486 e. The number of aryl methyl sites for hydroxylation is 1. The molecule has 1 amide bonds. The van der Waals surface area contributed by atoms with Crippen LogP contribution in [0.1, 0.15) is 12.5 Å². The van der Waals surface area contributed by atoms with Crippen molar-refractivity contribution in [3.05, 3.63) is 47.0 Å². The Balaban J connectivity index is 1.64. The predicted molar refractivity (Wildman–Crippen MR) is 95.3 cm³/mol. The molecule has 0 fully saturated rings. The van der Waals surface area contributed by atoms with Crippen LogP contribution in [0.25, 0.3) is 0 Å². The lowest BCUT2D eigenvalue weighted by Crippen LogP contribution is -2.31. The van der Waals surface area contributed by atoms with E-state index in [0.717, 1.165) is 11.3 Å². The van der Waals surface area contributed by atoms with E-state index in [2.05, 4.69) is 10.6 Å². The molecule has 0 unspecified atom stereocenters. The zero-order chi connectivity index (χ0) is 17.1. The maximum absolute atomic E-state index is 12.4. The van der Waals surface area contributed by atoms with Gasteiger partial charge in [0, 0.05) is 22.5 Å². The van der Waals surface area contributed by atoms with Crippen molar-refractivity contribution >= 4 is 28.9 Å². The van der Waals surface area contributed by atoms with Crippen LogP contribution in [0.5, 0.6) is 11.5 Å². The van der Waals surface area contributed by atoms with Gasteiger partial charge in [0.15, 0.2) is 11.5 Å². The van der Waals surface area contributed by atoms with E-state index in [9.17, 15) is 4.79 Å². The molecule has 2 aromatic carbocycles. The van der Waals surface area contributed by atoms with Crippen LogP contribution in [0, 0.1) is 6.92 Å². The predicted octanol–water partition coefficient (Wildman–Crippen LogP) is 3.86. The second kappa shape index (κ2) is 7.01. The van der Waals surface area contributed by atoms with E-state index in [-0.39, 0.29) is 5.91 Å². The minimum atomic E-state index is -0.419. The third-order valence-corrected chi connectivity index (χ3v) is 4.17. The lowest BCUT2D eigenvalue weighted by Gasteiger charge is -2.20.